The van der Waals surface area contributed by atoms with Crippen LogP contribution in [0.3, 0.4) is 0 Å². The Morgan fingerprint density at radius 3 is 2.30 bits per heavy atom. The molecule has 2 heterocycles. The number of benzene rings is 1. The topological polar surface area (TPSA) is 44.4 Å². The molecule has 0 atom stereocenters. The van der Waals surface area contributed by atoms with E-state index in [2.05, 4.69) is 39.8 Å². The summed E-state index contributed by atoms with van der Waals surface area (Å²) in [6, 6.07) is 8.75. The van der Waals surface area contributed by atoms with Crippen LogP contribution in [0, 0.1) is 5.92 Å². The summed E-state index contributed by atoms with van der Waals surface area (Å²) in [5.74, 6) is 0.914. The molecule has 2 aliphatic heterocycles. The van der Waals surface area contributed by atoms with Gasteiger partial charge in [-0.25, -0.2) is 0 Å². The molecule has 27 heavy (non-hydrogen) atoms. The van der Waals surface area contributed by atoms with Gasteiger partial charge in [0.15, 0.2) is 0 Å². The van der Waals surface area contributed by atoms with E-state index in [1.165, 1.54) is 56.3 Å². The van der Waals surface area contributed by atoms with Gasteiger partial charge in [0.2, 0.25) is 5.91 Å². The second-order valence-electron chi connectivity index (χ2n) is 7.66. The minimum atomic E-state index is 0. The molecule has 154 valence electrons. The van der Waals surface area contributed by atoms with Crippen LogP contribution in [0.15, 0.2) is 24.3 Å². The molecule has 1 amide bonds. The minimum absolute atomic E-state index is 0. The highest BCUT2D eigenvalue weighted by Crippen LogP contribution is 2.17. The Bertz CT molecular complexity index is 527. The molecule has 2 fully saturated rings. The number of hydrogen-bond acceptors (Lipinski definition) is 3. The molecule has 0 spiro atoms. The zero-order valence-electron chi connectivity index (χ0n) is 16.3. The molecule has 1 aromatic rings. The number of nitrogens with zero attached hydrogens (tertiary/aromatic N) is 1. The van der Waals surface area contributed by atoms with Gasteiger partial charge < -0.3 is 10.6 Å². The molecule has 0 aliphatic carbocycles. The van der Waals surface area contributed by atoms with Crippen molar-refractivity contribution in [3.8, 4) is 0 Å². The van der Waals surface area contributed by atoms with Crippen LogP contribution in [0.25, 0.3) is 0 Å². The van der Waals surface area contributed by atoms with Gasteiger partial charge in [0.05, 0.1) is 0 Å². The maximum absolute atomic E-state index is 12.1. The number of carbonyl (C=O) groups is 1. The molecular weight excluding hydrogens is 381 g/mol. The van der Waals surface area contributed by atoms with Crippen LogP contribution in [-0.4, -0.2) is 37.0 Å². The van der Waals surface area contributed by atoms with E-state index in [1.54, 1.807) is 0 Å². The maximum Gasteiger partial charge on any atom is 0.220 e. The van der Waals surface area contributed by atoms with Crippen LogP contribution >= 0.6 is 24.8 Å². The van der Waals surface area contributed by atoms with Crippen molar-refractivity contribution in [1.82, 2.24) is 15.5 Å². The van der Waals surface area contributed by atoms with Gasteiger partial charge >= 0.3 is 0 Å². The van der Waals surface area contributed by atoms with Gasteiger partial charge in [0.25, 0.3) is 0 Å². The Morgan fingerprint density at radius 1 is 1.00 bits per heavy atom. The largest absolute Gasteiger partial charge is 0.352 e. The van der Waals surface area contributed by atoms with E-state index in [9.17, 15) is 4.79 Å². The van der Waals surface area contributed by atoms with E-state index in [0.29, 0.717) is 13.0 Å². The third kappa shape index (κ3) is 8.82. The first-order chi connectivity index (χ1) is 12.3. The predicted molar refractivity (Wildman–Crippen MR) is 117 cm³/mol. The van der Waals surface area contributed by atoms with Gasteiger partial charge in [-0.1, -0.05) is 30.7 Å². The standard InChI is InChI=1S/C21H33N3O.2ClH/c25-21(9-8-18-10-12-22-13-11-18)23-16-19-4-6-20(7-5-19)17-24-14-2-1-3-15-24;;/h4-7,18,22H,1-3,8-17H2,(H,23,25);2*1H. The van der Waals surface area contributed by atoms with Crippen LogP contribution in [-0.2, 0) is 17.9 Å². The number of nitrogens with one attached hydrogen (secondary N) is 2. The van der Waals surface area contributed by atoms with E-state index in [0.717, 1.165) is 32.0 Å². The Balaban J connectivity index is 0.00000182. The summed E-state index contributed by atoms with van der Waals surface area (Å²) in [6.07, 6.45) is 8.17. The fourth-order valence-electron chi connectivity index (χ4n) is 3.93. The normalized spacial score (nSPS) is 18.2. The molecule has 0 aromatic heterocycles. The highest BCUT2D eigenvalue weighted by atomic mass is 35.5. The van der Waals surface area contributed by atoms with Crippen molar-refractivity contribution in [1.29, 1.82) is 0 Å². The Morgan fingerprint density at radius 2 is 1.63 bits per heavy atom. The van der Waals surface area contributed by atoms with E-state index < -0.39 is 0 Å². The summed E-state index contributed by atoms with van der Waals surface area (Å²) in [5.41, 5.74) is 2.57. The fraction of sp³-hybridized carbons (Fsp3) is 0.667. The minimum Gasteiger partial charge on any atom is -0.352 e. The molecule has 0 radical (unpaired) electrons. The smallest absolute Gasteiger partial charge is 0.220 e. The van der Waals surface area contributed by atoms with E-state index in [4.69, 9.17) is 0 Å². The zero-order chi connectivity index (χ0) is 17.3. The molecule has 0 unspecified atom stereocenters. The maximum atomic E-state index is 12.1. The quantitative estimate of drug-likeness (QED) is 0.709. The summed E-state index contributed by atoms with van der Waals surface area (Å²) in [4.78, 5) is 14.6. The summed E-state index contributed by atoms with van der Waals surface area (Å²) < 4.78 is 0. The zero-order valence-corrected chi connectivity index (χ0v) is 17.9. The molecule has 2 aliphatic rings. The van der Waals surface area contributed by atoms with Crippen LogP contribution in [0.4, 0.5) is 0 Å². The monoisotopic (exact) mass is 415 g/mol. The van der Waals surface area contributed by atoms with E-state index >= 15 is 0 Å². The third-order valence-corrected chi connectivity index (χ3v) is 5.61. The molecule has 1 aromatic carbocycles. The number of piperidine rings is 2. The molecule has 3 rings (SSSR count). The summed E-state index contributed by atoms with van der Waals surface area (Å²) in [7, 11) is 0. The average molecular weight is 416 g/mol. The summed E-state index contributed by atoms with van der Waals surface area (Å²) in [6.45, 7) is 6.38. The second kappa shape index (κ2) is 13.4. The SMILES string of the molecule is Cl.Cl.O=C(CCC1CCNCC1)NCc1ccc(CN2CCCCC2)cc1. The highest BCUT2D eigenvalue weighted by molar-refractivity contribution is 5.85. The van der Waals surface area contributed by atoms with Crippen molar-refractivity contribution in [2.24, 2.45) is 5.92 Å². The van der Waals surface area contributed by atoms with Crippen LogP contribution in [0.1, 0.15) is 56.1 Å². The lowest BCUT2D eigenvalue weighted by atomic mass is 9.93. The van der Waals surface area contributed by atoms with Gasteiger partial charge in [-0.3, -0.25) is 9.69 Å². The first kappa shape index (κ1) is 24.2. The number of rotatable bonds is 7. The van der Waals surface area contributed by atoms with Crippen molar-refractivity contribution in [2.75, 3.05) is 26.2 Å². The van der Waals surface area contributed by atoms with Gasteiger partial charge in [-0.05, 0) is 75.3 Å². The average Bonchev–Trinajstić information content (AvgIpc) is 2.67. The van der Waals surface area contributed by atoms with Crippen molar-refractivity contribution in [2.45, 2.75) is 58.0 Å². The molecule has 4 nitrogen and oxygen atoms in total. The van der Waals surface area contributed by atoms with Crippen molar-refractivity contribution in [3.63, 3.8) is 0 Å². The van der Waals surface area contributed by atoms with Crippen molar-refractivity contribution >= 4 is 30.7 Å². The van der Waals surface area contributed by atoms with Crippen LogP contribution in [0.2, 0.25) is 0 Å². The Hall–Kier alpha value is -0.810. The van der Waals surface area contributed by atoms with E-state index in [-0.39, 0.29) is 30.7 Å². The lowest BCUT2D eigenvalue weighted by molar-refractivity contribution is -0.121. The molecule has 2 saturated heterocycles. The van der Waals surface area contributed by atoms with Gasteiger partial charge in [0.1, 0.15) is 0 Å². The number of carbonyl (C=O) groups excluding carboxylic acids is 1. The van der Waals surface area contributed by atoms with Gasteiger partial charge in [-0.15, -0.1) is 24.8 Å². The van der Waals surface area contributed by atoms with Gasteiger partial charge in [-0.2, -0.15) is 0 Å². The molecular formula is C21H35Cl2N3O. The molecule has 0 bridgehead atoms. The lowest BCUT2D eigenvalue weighted by Gasteiger charge is -2.26. The van der Waals surface area contributed by atoms with Crippen LogP contribution < -0.4 is 10.6 Å². The van der Waals surface area contributed by atoms with E-state index in [1.807, 2.05) is 0 Å². The number of amides is 1. The Kier molecular flexibility index (Phi) is 12.0. The first-order valence-electron chi connectivity index (χ1n) is 10.1. The Labute approximate surface area is 176 Å². The number of hydrogen-bond donors (Lipinski definition) is 2. The number of likely N-dealkylation sites (tertiary alicyclic amines) is 1. The summed E-state index contributed by atoms with van der Waals surface area (Å²) >= 11 is 0. The highest BCUT2D eigenvalue weighted by Gasteiger charge is 2.14. The lowest BCUT2D eigenvalue weighted by Crippen LogP contribution is -2.29. The van der Waals surface area contributed by atoms with Crippen LogP contribution in [0.5, 0.6) is 0 Å². The second-order valence-corrected chi connectivity index (χ2v) is 7.66. The van der Waals surface area contributed by atoms with Gasteiger partial charge in [0, 0.05) is 19.5 Å². The molecule has 6 heteroatoms. The first-order valence-corrected chi connectivity index (χ1v) is 10.1. The number of halogens is 2. The predicted octanol–water partition coefficient (Wildman–Crippen LogP) is 3.91. The fourth-order valence-corrected chi connectivity index (χ4v) is 3.93. The molecule has 0 saturated carbocycles. The molecule has 2 N–H and O–H groups in total. The van der Waals surface area contributed by atoms with Crippen molar-refractivity contribution < 1.29 is 4.79 Å². The third-order valence-electron chi connectivity index (χ3n) is 5.61. The summed E-state index contributed by atoms with van der Waals surface area (Å²) in [5, 5.41) is 6.45. The van der Waals surface area contributed by atoms with Crippen molar-refractivity contribution in [3.05, 3.63) is 35.4 Å².